The van der Waals surface area contributed by atoms with E-state index in [1.165, 1.54) is 0 Å². The highest BCUT2D eigenvalue weighted by Crippen LogP contribution is 2.36. The third-order valence-corrected chi connectivity index (χ3v) is 3.12. The molecule has 0 bridgehead atoms. The lowest BCUT2D eigenvalue weighted by atomic mass is 9.69. The molecule has 17 heavy (non-hydrogen) atoms. The molecule has 1 aliphatic rings. The zero-order valence-corrected chi connectivity index (χ0v) is 9.57. The first-order valence-corrected chi connectivity index (χ1v) is 5.29. The molecule has 1 fully saturated rings. The van der Waals surface area contributed by atoms with E-state index in [2.05, 4.69) is 0 Å². The van der Waals surface area contributed by atoms with Gasteiger partial charge in [0, 0.05) is 0 Å². The number of carbonyl (C=O) groups is 4. The second-order valence-corrected chi connectivity index (χ2v) is 3.86. The van der Waals surface area contributed by atoms with Crippen molar-refractivity contribution in [2.45, 2.75) is 26.7 Å². The molecule has 1 saturated heterocycles. The summed E-state index contributed by atoms with van der Waals surface area (Å²) >= 11 is 0. The van der Waals surface area contributed by atoms with E-state index >= 15 is 0 Å². The minimum atomic E-state index is -1.71. The zero-order chi connectivity index (χ0) is 13.2. The van der Waals surface area contributed by atoms with E-state index in [0.717, 1.165) is 0 Å². The SMILES string of the molecule is CCC(C(=O)O)C1(CC)C(=O)NC(=O)NC1=O. The Labute approximate surface area is 97.6 Å². The fourth-order valence-corrected chi connectivity index (χ4v) is 2.18. The molecule has 0 saturated carbocycles. The number of nitrogens with one attached hydrogen (secondary N) is 2. The van der Waals surface area contributed by atoms with Gasteiger partial charge in [0.1, 0.15) is 5.41 Å². The number of imide groups is 2. The van der Waals surface area contributed by atoms with Crippen LogP contribution >= 0.6 is 0 Å². The highest BCUT2D eigenvalue weighted by Gasteiger charge is 2.56. The first kappa shape index (κ1) is 13.1. The van der Waals surface area contributed by atoms with Gasteiger partial charge in [0.05, 0.1) is 5.92 Å². The average molecular weight is 242 g/mol. The van der Waals surface area contributed by atoms with Gasteiger partial charge in [0.2, 0.25) is 11.8 Å². The minimum absolute atomic E-state index is 0.0166. The van der Waals surface area contributed by atoms with Crippen LogP contribution in [-0.2, 0) is 14.4 Å². The monoisotopic (exact) mass is 242 g/mol. The summed E-state index contributed by atoms with van der Waals surface area (Å²) in [5.74, 6) is -4.07. The summed E-state index contributed by atoms with van der Waals surface area (Å²) in [6.07, 6.45) is 0.140. The largest absolute Gasteiger partial charge is 0.481 e. The van der Waals surface area contributed by atoms with Gasteiger partial charge in [-0.3, -0.25) is 25.0 Å². The van der Waals surface area contributed by atoms with Gasteiger partial charge in [-0.05, 0) is 12.8 Å². The van der Waals surface area contributed by atoms with Gasteiger partial charge in [-0.2, -0.15) is 0 Å². The Morgan fingerprint density at radius 2 is 1.71 bits per heavy atom. The maximum atomic E-state index is 11.8. The Hall–Kier alpha value is -1.92. The lowest BCUT2D eigenvalue weighted by molar-refractivity contribution is -0.161. The van der Waals surface area contributed by atoms with Crippen LogP contribution in [0.2, 0.25) is 0 Å². The molecule has 1 rings (SSSR count). The second kappa shape index (κ2) is 4.52. The van der Waals surface area contributed by atoms with E-state index in [0.29, 0.717) is 0 Å². The summed E-state index contributed by atoms with van der Waals surface area (Å²) in [5.41, 5.74) is -1.71. The fraction of sp³-hybridized carbons (Fsp3) is 0.600. The summed E-state index contributed by atoms with van der Waals surface area (Å²) in [5, 5.41) is 13.0. The Kier molecular flexibility index (Phi) is 3.50. The van der Waals surface area contributed by atoms with Crippen LogP contribution in [0, 0.1) is 11.3 Å². The van der Waals surface area contributed by atoms with Crippen LogP contribution in [0.3, 0.4) is 0 Å². The van der Waals surface area contributed by atoms with Crippen molar-refractivity contribution in [2.24, 2.45) is 11.3 Å². The first-order valence-electron chi connectivity index (χ1n) is 5.29. The lowest BCUT2D eigenvalue weighted by Crippen LogP contribution is -2.65. The smallest absolute Gasteiger partial charge is 0.328 e. The summed E-state index contributed by atoms with van der Waals surface area (Å²) in [4.78, 5) is 45.7. The van der Waals surface area contributed by atoms with Gasteiger partial charge in [-0.25, -0.2) is 4.79 Å². The second-order valence-electron chi connectivity index (χ2n) is 3.86. The van der Waals surface area contributed by atoms with E-state index < -0.39 is 35.1 Å². The van der Waals surface area contributed by atoms with Gasteiger partial charge in [0.15, 0.2) is 0 Å². The van der Waals surface area contributed by atoms with Crippen LogP contribution in [0.1, 0.15) is 26.7 Å². The van der Waals surface area contributed by atoms with Crippen LogP contribution in [0.4, 0.5) is 4.79 Å². The first-order chi connectivity index (χ1) is 7.90. The molecular formula is C10H14N2O5. The summed E-state index contributed by atoms with van der Waals surface area (Å²) in [6, 6.07) is -0.913. The molecule has 94 valence electrons. The Morgan fingerprint density at radius 1 is 1.24 bits per heavy atom. The molecule has 1 unspecified atom stereocenters. The summed E-state index contributed by atoms with van der Waals surface area (Å²) in [6.45, 7) is 3.12. The fourth-order valence-electron chi connectivity index (χ4n) is 2.18. The number of rotatable bonds is 4. The highest BCUT2D eigenvalue weighted by molar-refractivity contribution is 6.20. The molecule has 3 N–H and O–H groups in total. The van der Waals surface area contributed by atoms with Crippen molar-refractivity contribution in [3.8, 4) is 0 Å². The number of hydrogen-bond donors (Lipinski definition) is 3. The van der Waals surface area contributed by atoms with E-state index in [-0.39, 0.29) is 12.8 Å². The number of carboxylic acids is 1. The number of urea groups is 1. The van der Waals surface area contributed by atoms with E-state index in [4.69, 9.17) is 5.11 Å². The van der Waals surface area contributed by atoms with Crippen LogP contribution < -0.4 is 10.6 Å². The average Bonchev–Trinajstić information content (AvgIpc) is 2.22. The minimum Gasteiger partial charge on any atom is -0.481 e. The van der Waals surface area contributed by atoms with Crippen LogP contribution in [0.25, 0.3) is 0 Å². The Balaban J connectivity index is 3.25. The molecule has 0 aromatic carbocycles. The van der Waals surface area contributed by atoms with Crippen molar-refractivity contribution in [3.05, 3.63) is 0 Å². The molecular weight excluding hydrogens is 228 g/mol. The molecule has 0 aromatic rings. The van der Waals surface area contributed by atoms with Gasteiger partial charge in [-0.1, -0.05) is 13.8 Å². The number of carbonyl (C=O) groups excluding carboxylic acids is 3. The van der Waals surface area contributed by atoms with Crippen molar-refractivity contribution >= 4 is 23.8 Å². The predicted octanol–water partition coefficient (Wildman–Crippen LogP) is -0.140. The van der Waals surface area contributed by atoms with Crippen molar-refractivity contribution in [2.75, 3.05) is 0 Å². The standard InChI is InChI=1S/C10H14N2O5/c1-3-5(6(13)14)10(4-2)7(15)11-9(17)12-8(10)16/h5H,3-4H2,1-2H3,(H,13,14)(H2,11,12,15,16,17). The normalized spacial score (nSPS) is 20.5. The molecule has 1 aliphatic heterocycles. The van der Waals surface area contributed by atoms with Crippen LogP contribution in [-0.4, -0.2) is 28.9 Å². The van der Waals surface area contributed by atoms with Crippen molar-refractivity contribution in [1.29, 1.82) is 0 Å². The van der Waals surface area contributed by atoms with Crippen molar-refractivity contribution < 1.29 is 24.3 Å². The maximum Gasteiger partial charge on any atom is 0.328 e. The Morgan fingerprint density at radius 3 is 2.00 bits per heavy atom. The van der Waals surface area contributed by atoms with Crippen molar-refractivity contribution in [1.82, 2.24) is 10.6 Å². The quantitative estimate of drug-likeness (QED) is 0.594. The Bertz CT molecular complexity index is 370. The van der Waals surface area contributed by atoms with Gasteiger partial charge in [-0.15, -0.1) is 0 Å². The zero-order valence-electron chi connectivity index (χ0n) is 9.57. The summed E-state index contributed by atoms with van der Waals surface area (Å²) < 4.78 is 0. The predicted molar refractivity (Wildman–Crippen MR) is 55.8 cm³/mol. The number of carboxylic acid groups (broad SMARTS) is 1. The molecule has 0 spiro atoms. The number of aliphatic carboxylic acids is 1. The topological polar surface area (TPSA) is 113 Å². The van der Waals surface area contributed by atoms with E-state index in [1.807, 2.05) is 10.6 Å². The van der Waals surface area contributed by atoms with Gasteiger partial charge < -0.3 is 5.11 Å². The molecule has 1 atom stereocenters. The molecule has 1 heterocycles. The molecule has 7 nitrogen and oxygen atoms in total. The molecule has 0 aliphatic carbocycles. The molecule has 0 radical (unpaired) electrons. The van der Waals surface area contributed by atoms with Gasteiger partial charge in [0.25, 0.3) is 0 Å². The van der Waals surface area contributed by atoms with Crippen LogP contribution in [0.5, 0.6) is 0 Å². The molecule has 7 heteroatoms. The maximum absolute atomic E-state index is 11.8. The third-order valence-electron chi connectivity index (χ3n) is 3.12. The van der Waals surface area contributed by atoms with Crippen molar-refractivity contribution in [3.63, 3.8) is 0 Å². The molecule has 4 amide bonds. The number of barbiturate groups is 1. The number of hydrogen-bond acceptors (Lipinski definition) is 4. The van der Waals surface area contributed by atoms with Gasteiger partial charge >= 0.3 is 12.0 Å². The third kappa shape index (κ3) is 1.88. The molecule has 0 aromatic heterocycles. The number of amides is 4. The van der Waals surface area contributed by atoms with Crippen LogP contribution in [0.15, 0.2) is 0 Å². The van der Waals surface area contributed by atoms with E-state index in [9.17, 15) is 19.2 Å². The highest BCUT2D eigenvalue weighted by atomic mass is 16.4. The summed E-state index contributed by atoms with van der Waals surface area (Å²) in [7, 11) is 0. The lowest BCUT2D eigenvalue weighted by Gasteiger charge is -2.36. The van der Waals surface area contributed by atoms with E-state index in [1.54, 1.807) is 13.8 Å².